The van der Waals surface area contributed by atoms with Crippen molar-refractivity contribution in [1.82, 2.24) is 0 Å². The van der Waals surface area contributed by atoms with Crippen LogP contribution in [0.2, 0.25) is 0 Å². The molecule has 4 aliphatic carbocycles. The van der Waals surface area contributed by atoms with Crippen LogP contribution in [0.25, 0.3) is 0 Å². The summed E-state index contributed by atoms with van der Waals surface area (Å²) in [6, 6.07) is 0. The van der Waals surface area contributed by atoms with Gasteiger partial charge in [0.05, 0.1) is 31.0 Å². The SMILES string of the molecule is C=CCC1[C@@]2(C)CC[C@H](O)[C@](C)(COC(C)=O)C2CC[C@@]1(C)[C@@]1(C)CC2CC(C)(C)[C@@H](O)[C@H](O)[C@]2(CC)[C@H](O)C1. The molecule has 4 N–H and O–H groups in total. The minimum absolute atomic E-state index is 0.0931. The molecule has 230 valence electrons. The summed E-state index contributed by atoms with van der Waals surface area (Å²) in [5.41, 5.74) is -2.02. The number of rotatable bonds is 6. The molecule has 6 heteroatoms. The lowest BCUT2D eigenvalue weighted by Gasteiger charge is -2.70. The van der Waals surface area contributed by atoms with Crippen LogP contribution in [0, 0.1) is 50.2 Å². The second-order valence-corrected chi connectivity index (χ2v) is 16.2. The highest BCUT2D eigenvalue weighted by molar-refractivity contribution is 5.65. The van der Waals surface area contributed by atoms with E-state index in [2.05, 4.69) is 41.2 Å². The van der Waals surface area contributed by atoms with Crippen molar-refractivity contribution < 1.29 is 30.0 Å². The molecule has 0 bridgehead atoms. The second-order valence-electron chi connectivity index (χ2n) is 16.2. The first kappa shape index (κ1) is 32.0. The van der Waals surface area contributed by atoms with Gasteiger partial charge in [-0.3, -0.25) is 4.79 Å². The molecule has 0 heterocycles. The van der Waals surface area contributed by atoms with Crippen LogP contribution >= 0.6 is 0 Å². The third-order valence-corrected chi connectivity index (χ3v) is 14.0. The Balaban J connectivity index is 1.75. The van der Waals surface area contributed by atoms with Crippen molar-refractivity contribution in [3.63, 3.8) is 0 Å². The van der Waals surface area contributed by atoms with Gasteiger partial charge in [0.25, 0.3) is 0 Å². The zero-order valence-corrected chi connectivity index (χ0v) is 26.5. The van der Waals surface area contributed by atoms with Gasteiger partial charge in [-0.05, 0) is 97.2 Å². The fourth-order valence-corrected chi connectivity index (χ4v) is 11.3. The Kier molecular flexibility index (Phi) is 8.27. The number of aliphatic hydroxyl groups excluding tert-OH is 4. The van der Waals surface area contributed by atoms with Gasteiger partial charge in [0.15, 0.2) is 0 Å². The number of esters is 1. The molecule has 0 aromatic rings. The van der Waals surface area contributed by atoms with Crippen molar-refractivity contribution in [3.8, 4) is 0 Å². The lowest BCUT2D eigenvalue weighted by molar-refractivity contribution is -0.269. The maximum Gasteiger partial charge on any atom is 0.302 e. The molecular weight excluding hydrogens is 504 g/mol. The molecular formula is C34H58O6. The number of carbonyl (C=O) groups is 1. The minimum Gasteiger partial charge on any atom is -0.465 e. The average Bonchev–Trinajstić information content (AvgIpc) is 2.86. The Hall–Kier alpha value is -0.950. The van der Waals surface area contributed by atoms with Gasteiger partial charge in [-0.1, -0.05) is 54.5 Å². The van der Waals surface area contributed by atoms with Crippen molar-refractivity contribution in [2.24, 2.45) is 50.2 Å². The third kappa shape index (κ3) is 4.36. The number of hydrogen-bond donors (Lipinski definition) is 4. The fraction of sp³-hybridized carbons (Fsp3) is 0.912. The van der Waals surface area contributed by atoms with Crippen LogP contribution in [-0.2, 0) is 9.53 Å². The Morgan fingerprint density at radius 3 is 2.15 bits per heavy atom. The van der Waals surface area contributed by atoms with E-state index in [1.54, 1.807) is 0 Å². The van der Waals surface area contributed by atoms with Gasteiger partial charge in [0.1, 0.15) is 0 Å². The Morgan fingerprint density at radius 2 is 1.57 bits per heavy atom. The molecule has 4 fully saturated rings. The normalized spacial score (nSPS) is 52.2. The predicted molar refractivity (Wildman–Crippen MR) is 157 cm³/mol. The summed E-state index contributed by atoms with van der Waals surface area (Å²) < 4.78 is 5.57. The average molecular weight is 563 g/mol. The predicted octanol–water partition coefficient (Wildman–Crippen LogP) is 5.65. The molecule has 4 aliphatic rings. The highest BCUT2D eigenvalue weighted by Gasteiger charge is 2.69. The summed E-state index contributed by atoms with van der Waals surface area (Å²) in [6.45, 7) is 21.3. The summed E-state index contributed by atoms with van der Waals surface area (Å²) in [5.74, 6) is 0.265. The summed E-state index contributed by atoms with van der Waals surface area (Å²) in [7, 11) is 0. The lowest BCUT2D eigenvalue weighted by Crippen LogP contribution is -2.69. The van der Waals surface area contributed by atoms with E-state index in [0.717, 1.165) is 38.5 Å². The molecule has 4 rings (SSSR count). The number of ether oxygens (including phenoxy) is 1. The van der Waals surface area contributed by atoms with E-state index in [1.165, 1.54) is 6.92 Å². The monoisotopic (exact) mass is 562 g/mol. The number of hydrogen-bond acceptors (Lipinski definition) is 6. The number of carbonyl (C=O) groups excluding carboxylic acids is 1. The summed E-state index contributed by atoms with van der Waals surface area (Å²) >= 11 is 0. The van der Waals surface area contributed by atoms with Crippen LogP contribution in [0.15, 0.2) is 12.7 Å². The van der Waals surface area contributed by atoms with Gasteiger partial charge >= 0.3 is 5.97 Å². The third-order valence-electron chi connectivity index (χ3n) is 14.0. The van der Waals surface area contributed by atoms with Crippen molar-refractivity contribution in [2.75, 3.05) is 6.61 Å². The highest BCUT2D eigenvalue weighted by atomic mass is 16.5. The smallest absolute Gasteiger partial charge is 0.302 e. The van der Waals surface area contributed by atoms with Gasteiger partial charge in [0.2, 0.25) is 0 Å². The Labute approximate surface area is 243 Å². The maximum atomic E-state index is 12.0. The zero-order valence-electron chi connectivity index (χ0n) is 26.5. The maximum absolute atomic E-state index is 12.0. The molecule has 0 aromatic heterocycles. The van der Waals surface area contributed by atoms with E-state index in [4.69, 9.17) is 4.74 Å². The first-order chi connectivity index (χ1) is 18.4. The van der Waals surface area contributed by atoms with Gasteiger partial charge in [-0.25, -0.2) is 0 Å². The van der Waals surface area contributed by atoms with Crippen molar-refractivity contribution in [2.45, 2.75) is 138 Å². The van der Waals surface area contributed by atoms with Gasteiger partial charge in [0, 0.05) is 17.8 Å². The topological polar surface area (TPSA) is 107 Å². The van der Waals surface area contributed by atoms with Crippen molar-refractivity contribution >= 4 is 5.97 Å². The van der Waals surface area contributed by atoms with Gasteiger partial charge in [-0.2, -0.15) is 0 Å². The molecule has 40 heavy (non-hydrogen) atoms. The second kappa shape index (κ2) is 10.3. The van der Waals surface area contributed by atoms with Crippen LogP contribution in [0.3, 0.4) is 0 Å². The Bertz CT molecular complexity index is 979. The molecule has 6 nitrogen and oxygen atoms in total. The van der Waals surface area contributed by atoms with E-state index in [1.807, 2.05) is 19.9 Å². The first-order valence-corrected chi connectivity index (χ1v) is 15.9. The molecule has 3 unspecified atom stereocenters. The summed E-state index contributed by atoms with van der Waals surface area (Å²) in [5, 5.41) is 45.8. The van der Waals surface area contributed by atoms with E-state index >= 15 is 0 Å². The summed E-state index contributed by atoms with van der Waals surface area (Å²) in [6.07, 6.45) is 6.27. The van der Waals surface area contributed by atoms with Crippen LogP contribution in [0.5, 0.6) is 0 Å². The van der Waals surface area contributed by atoms with E-state index in [-0.39, 0.29) is 46.6 Å². The molecule has 0 amide bonds. The number of aliphatic hydroxyl groups is 4. The minimum atomic E-state index is -0.947. The molecule has 0 radical (unpaired) electrons. The Morgan fingerprint density at radius 1 is 0.925 bits per heavy atom. The van der Waals surface area contributed by atoms with Crippen molar-refractivity contribution in [3.05, 3.63) is 12.7 Å². The molecule has 0 saturated heterocycles. The largest absolute Gasteiger partial charge is 0.465 e. The lowest BCUT2D eigenvalue weighted by atomic mass is 9.35. The quantitative estimate of drug-likeness (QED) is 0.246. The van der Waals surface area contributed by atoms with E-state index in [0.29, 0.717) is 19.3 Å². The number of fused-ring (bicyclic) bond motifs is 2. The van der Waals surface area contributed by atoms with Crippen LogP contribution in [0.4, 0.5) is 0 Å². The van der Waals surface area contributed by atoms with E-state index in [9.17, 15) is 25.2 Å². The highest BCUT2D eigenvalue weighted by Crippen LogP contribution is 2.73. The molecule has 4 saturated carbocycles. The fourth-order valence-electron chi connectivity index (χ4n) is 11.3. The first-order valence-electron chi connectivity index (χ1n) is 15.9. The summed E-state index contributed by atoms with van der Waals surface area (Å²) in [4.78, 5) is 11.8. The molecule has 0 aliphatic heterocycles. The van der Waals surface area contributed by atoms with Crippen LogP contribution < -0.4 is 0 Å². The van der Waals surface area contributed by atoms with Gasteiger partial charge < -0.3 is 25.2 Å². The number of allylic oxidation sites excluding steroid dienone is 1. The molecule has 0 aromatic carbocycles. The van der Waals surface area contributed by atoms with Crippen LogP contribution in [-0.4, -0.2) is 57.4 Å². The molecule has 0 spiro atoms. The molecule has 12 atom stereocenters. The van der Waals surface area contributed by atoms with Gasteiger partial charge in [-0.15, -0.1) is 6.58 Å². The standard InChI is InChI=1S/C34H58O6/c1-10-12-24-31(7)15-14-25(36)32(8,20-40-21(3)35)23(31)13-16-33(24,9)30(6)18-22-17-29(4,5)27(38)28(39)34(22,11-2)26(37)19-30/h10,22-28,36-39H,1,11-20H2,2-9H3/t22?,23?,24?,25-,26+,27-,28-,30-,31-,32+,33+,34-/m0/s1. The van der Waals surface area contributed by atoms with E-state index < -0.39 is 40.7 Å². The zero-order chi connectivity index (χ0) is 30.1. The van der Waals surface area contributed by atoms with Crippen molar-refractivity contribution in [1.29, 1.82) is 0 Å². The van der Waals surface area contributed by atoms with Crippen LogP contribution in [0.1, 0.15) is 113 Å².